The summed E-state index contributed by atoms with van der Waals surface area (Å²) in [6, 6.07) is 0. The fourth-order valence-electron chi connectivity index (χ4n) is 2.67. The molecule has 1 heteroatoms. The maximum atomic E-state index is 8.82. The van der Waals surface area contributed by atoms with Crippen molar-refractivity contribution in [3.63, 3.8) is 0 Å². The third-order valence-corrected chi connectivity index (χ3v) is 3.79. The van der Waals surface area contributed by atoms with Gasteiger partial charge in [-0.1, -0.05) is 56.6 Å². The van der Waals surface area contributed by atoms with Crippen molar-refractivity contribution in [1.29, 1.82) is 0 Å². The number of aliphatic hydroxyl groups is 1. The van der Waals surface area contributed by atoms with E-state index >= 15 is 0 Å². The quantitative estimate of drug-likeness (QED) is 0.542. The first-order valence-corrected chi connectivity index (χ1v) is 7.72. The molecule has 0 aromatic carbocycles. The van der Waals surface area contributed by atoms with Gasteiger partial charge in [0.05, 0.1) is 0 Å². The first-order valence-electron chi connectivity index (χ1n) is 7.72. The van der Waals surface area contributed by atoms with Crippen LogP contribution >= 0.6 is 0 Å². The highest BCUT2D eigenvalue weighted by Gasteiger charge is 2.01. The van der Waals surface area contributed by atoms with Gasteiger partial charge in [0.2, 0.25) is 0 Å². The molecule has 0 unspecified atom stereocenters. The molecule has 1 fully saturated rings. The van der Waals surface area contributed by atoms with Crippen LogP contribution in [0.1, 0.15) is 83.5 Å². The zero-order chi connectivity index (χ0) is 12.2. The molecule has 0 bridgehead atoms. The smallest absolute Gasteiger partial charge is 0.0433 e. The van der Waals surface area contributed by atoms with Gasteiger partial charge in [0.1, 0.15) is 0 Å². The molecule has 0 aliphatic heterocycles. The molecule has 1 saturated carbocycles. The molecule has 0 radical (unpaired) electrons. The number of hydrogen-bond acceptors (Lipinski definition) is 1. The predicted molar refractivity (Wildman–Crippen MR) is 75.2 cm³/mol. The van der Waals surface area contributed by atoms with E-state index in [1.807, 2.05) is 0 Å². The Balaban J connectivity index is 2.29. The van der Waals surface area contributed by atoms with Crippen LogP contribution in [0.4, 0.5) is 0 Å². The minimum absolute atomic E-state index is 0.337. The first-order chi connectivity index (χ1) is 8.43. The van der Waals surface area contributed by atoms with Crippen molar-refractivity contribution in [2.45, 2.75) is 83.5 Å². The highest BCUT2D eigenvalue weighted by molar-refractivity contribution is 5.01. The fourth-order valence-corrected chi connectivity index (χ4v) is 2.67. The van der Waals surface area contributed by atoms with Crippen LogP contribution in [-0.2, 0) is 0 Å². The first kappa shape index (κ1) is 14.8. The van der Waals surface area contributed by atoms with E-state index in [1.165, 1.54) is 70.6 Å². The largest absolute Gasteiger partial charge is 0.396 e. The van der Waals surface area contributed by atoms with Gasteiger partial charge in [-0.25, -0.2) is 0 Å². The molecule has 1 aliphatic rings. The zero-order valence-corrected chi connectivity index (χ0v) is 11.4. The van der Waals surface area contributed by atoms with E-state index in [9.17, 15) is 0 Å². The number of unbranched alkanes of at least 4 members (excludes halogenated alkanes) is 1. The summed E-state index contributed by atoms with van der Waals surface area (Å²) in [5.41, 5.74) is 1.67. The van der Waals surface area contributed by atoms with Gasteiger partial charge in [0.25, 0.3) is 0 Å². The topological polar surface area (TPSA) is 20.2 Å². The molecular formula is C16H30O. The van der Waals surface area contributed by atoms with Crippen molar-refractivity contribution in [2.24, 2.45) is 0 Å². The lowest BCUT2D eigenvalue weighted by Crippen LogP contribution is -1.91. The minimum Gasteiger partial charge on any atom is -0.396 e. The van der Waals surface area contributed by atoms with E-state index in [1.54, 1.807) is 5.57 Å². The molecule has 1 rings (SSSR count). The predicted octanol–water partition coefficient (Wildman–Crippen LogP) is 4.99. The Kier molecular flexibility index (Phi) is 9.40. The molecule has 0 aromatic heterocycles. The average Bonchev–Trinajstić information content (AvgIpc) is 2.32. The second-order valence-corrected chi connectivity index (χ2v) is 5.41. The van der Waals surface area contributed by atoms with Crippen LogP contribution in [0.2, 0.25) is 0 Å². The van der Waals surface area contributed by atoms with Crippen molar-refractivity contribution < 1.29 is 5.11 Å². The highest BCUT2D eigenvalue weighted by atomic mass is 16.2. The van der Waals surface area contributed by atoms with Crippen molar-refractivity contribution in [3.8, 4) is 0 Å². The van der Waals surface area contributed by atoms with Gasteiger partial charge in [-0.3, -0.25) is 0 Å². The maximum Gasteiger partial charge on any atom is 0.0433 e. The van der Waals surface area contributed by atoms with Gasteiger partial charge in [-0.05, 0) is 38.5 Å². The zero-order valence-electron chi connectivity index (χ0n) is 11.4. The molecule has 1 nitrogen and oxygen atoms in total. The Morgan fingerprint density at radius 3 is 1.71 bits per heavy atom. The van der Waals surface area contributed by atoms with Crippen molar-refractivity contribution in [1.82, 2.24) is 0 Å². The van der Waals surface area contributed by atoms with Crippen LogP contribution < -0.4 is 0 Å². The highest BCUT2D eigenvalue weighted by Crippen LogP contribution is 2.20. The van der Waals surface area contributed by atoms with E-state index < -0.39 is 0 Å². The van der Waals surface area contributed by atoms with Gasteiger partial charge in [0.15, 0.2) is 0 Å². The Hall–Kier alpha value is -0.300. The van der Waals surface area contributed by atoms with E-state index in [4.69, 9.17) is 5.11 Å². The summed E-state index contributed by atoms with van der Waals surface area (Å²) in [4.78, 5) is 0. The molecule has 0 heterocycles. The van der Waals surface area contributed by atoms with Crippen LogP contribution in [0.25, 0.3) is 0 Å². The van der Waals surface area contributed by atoms with Crippen molar-refractivity contribution in [3.05, 3.63) is 11.6 Å². The van der Waals surface area contributed by atoms with Crippen LogP contribution in [0.15, 0.2) is 11.6 Å². The molecular weight excluding hydrogens is 208 g/mol. The molecule has 1 aliphatic carbocycles. The second kappa shape index (κ2) is 10.8. The standard InChI is InChI=1S/C16H30O/c17-15-11-10-14-16-12-8-6-4-2-1-3-5-7-9-13-16/h14,17H,1-13,15H2. The van der Waals surface area contributed by atoms with Crippen molar-refractivity contribution in [2.75, 3.05) is 6.61 Å². The second-order valence-electron chi connectivity index (χ2n) is 5.41. The SMILES string of the molecule is OCCCC=C1CCCCCCCCCCC1. The molecule has 0 atom stereocenters. The van der Waals surface area contributed by atoms with Crippen LogP contribution in [0, 0.1) is 0 Å². The summed E-state index contributed by atoms with van der Waals surface area (Å²) in [5.74, 6) is 0. The minimum atomic E-state index is 0.337. The number of rotatable bonds is 3. The van der Waals surface area contributed by atoms with Crippen LogP contribution in [-0.4, -0.2) is 11.7 Å². The molecule has 0 saturated heterocycles. The number of aliphatic hydroxyl groups excluding tert-OH is 1. The summed E-state index contributed by atoms with van der Waals surface area (Å²) in [7, 11) is 0. The van der Waals surface area contributed by atoms with Gasteiger partial charge in [-0.15, -0.1) is 0 Å². The van der Waals surface area contributed by atoms with Gasteiger partial charge < -0.3 is 5.11 Å². The lowest BCUT2D eigenvalue weighted by atomic mass is 9.96. The fraction of sp³-hybridized carbons (Fsp3) is 0.875. The Bertz CT molecular complexity index is 182. The normalized spacial score (nSPS) is 20.4. The monoisotopic (exact) mass is 238 g/mol. The Morgan fingerprint density at radius 1 is 0.765 bits per heavy atom. The third kappa shape index (κ3) is 8.43. The number of allylic oxidation sites excluding steroid dienone is 2. The molecule has 0 amide bonds. The summed E-state index contributed by atoms with van der Waals surface area (Å²) in [6.07, 6.45) is 19.8. The van der Waals surface area contributed by atoms with Gasteiger partial charge >= 0.3 is 0 Å². The number of hydrogen-bond donors (Lipinski definition) is 1. The molecule has 0 aromatic rings. The van der Waals surface area contributed by atoms with E-state index in [0.717, 1.165) is 12.8 Å². The van der Waals surface area contributed by atoms with E-state index in [-0.39, 0.29) is 0 Å². The summed E-state index contributed by atoms with van der Waals surface area (Å²) >= 11 is 0. The molecule has 100 valence electrons. The average molecular weight is 238 g/mol. The van der Waals surface area contributed by atoms with Crippen LogP contribution in [0.5, 0.6) is 0 Å². The lowest BCUT2D eigenvalue weighted by Gasteiger charge is -2.10. The summed E-state index contributed by atoms with van der Waals surface area (Å²) in [6.45, 7) is 0.337. The van der Waals surface area contributed by atoms with Gasteiger partial charge in [-0.2, -0.15) is 0 Å². The Labute approximate surface area is 107 Å². The van der Waals surface area contributed by atoms with E-state index in [0.29, 0.717) is 6.61 Å². The lowest BCUT2D eigenvalue weighted by molar-refractivity contribution is 0.289. The van der Waals surface area contributed by atoms with E-state index in [2.05, 4.69) is 6.08 Å². The molecule has 1 N–H and O–H groups in total. The molecule has 0 spiro atoms. The maximum absolute atomic E-state index is 8.82. The summed E-state index contributed by atoms with van der Waals surface area (Å²) < 4.78 is 0. The summed E-state index contributed by atoms with van der Waals surface area (Å²) in [5, 5.41) is 8.82. The van der Waals surface area contributed by atoms with Crippen molar-refractivity contribution >= 4 is 0 Å². The third-order valence-electron chi connectivity index (χ3n) is 3.79. The van der Waals surface area contributed by atoms with Crippen LogP contribution in [0.3, 0.4) is 0 Å². The van der Waals surface area contributed by atoms with Gasteiger partial charge in [0, 0.05) is 6.61 Å². The molecule has 17 heavy (non-hydrogen) atoms. The Morgan fingerprint density at radius 2 is 1.24 bits per heavy atom.